The quantitative estimate of drug-likeness (QED) is 0.336. The molecule has 0 aromatic rings. The molecule has 0 aromatic carbocycles. The number of hydrogen-bond donors (Lipinski definition) is 5. The molecule has 5 atom stereocenters. The molecule has 5 N–H and O–H groups in total. The second kappa shape index (κ2) is 4.05. The van der Waals surface area contributed by atoms with Crippen LogP contribution < -0.4 is 0 Å². The highest BCUT2D eigenvalue weighted by Crippen LogP contribution is 2.28. The van der Waals surface area contributed by atoms with Gasteiger partial charge in [-0.05, 0) is 0 Å². The summed E-state index contributed by atoms with van der Waals surface area (Å²) in [7, 11) is 0. The van der Waals surface area contributed by atoms with E-state index < -0.39 is 43.5 Å². The lowest BCUT2D eigenvalue weighted by Gasteiger charge is -2.43. The molecule has 0 radical (unpaired) electrons. The van der Waals surface area contributed by atoms with Crippen LogP contribution in [0.4, 0.5) is 4.39 Å². The molecule has 1 aliphatic heterocycles. The van der Waals surface area contributed by atoms with E-state index in [2.05, 4.69) is 4.74 Å². The van der Waals surface area contributed by atoms with Crippen LogP contribution in [-0.4, -0.2) is 69.0 Å². The Labute approximate surface area is 79.2 Å². The van der Waals surface area contributed by atoms with Crippen molar-refractivity contribution in [3.63, 3.8) is 0 Å². The fourth-order valence-corrected chi connectivity index (χ4v) is 1.33. The van der Waals surface area contributed by atoms with Crippen molar-refractivity contribution in [2.45, 2.75) is 30.2 Å². The van der Waals surface area contributed by atoms with Gasteiger partial charge in [0.05, 0.1) is 6.61 Å². The van der Waals surface area contributed by atoms with E-state index in [1.165, 1.54) is 0 Å². The first-order valence-electron chi connectivity index (χ1n) is 4.07. The smallest absolute Gasteiger partial charge is 0.224 e. The van der Waals surface area contributed by atoms with Crippen LogP contribution in [-0.2, 0) is 4.74 Å². The SMILES string of the molecule is OC[C@@H]1O[C@](O)(CF)[C@@H](O)[C@H](O)[C@@H]1O. The Morgan fingerprint density at radius 1 is 1.21 bits per heavy atom. The molecule has 1 fully saturated rings. The van der Waals surface area contributed by atoms with Crippen LogP contribution in [0, 0.1) is 0 Å². The summed E-state index contributed by atoms with van der Waals surface area (Å²) in [6.45, 7) is -2.15. The molecule has 7 heteroatoms. The van der Waals surface area contributed by atoms with Crippen molar-refractivity contribution >= 4 is 0 Å². The highest BCUT2D eigenvalue weighted by Gasteiger charge is 2.52. The van der Waals surface area contributed by atoms with Crippen LogP contribution in [0.2, 0.25) is 0 Å². The number of alkyl halides is 1. The molecule has 0 unspecified atom stereocenters. The van der Waals surface area contributed by atoms with Gasteiger partial charge in [0.1, 0.15) is 31.1 Å². The second-order valence-electron chi connectivity index (χ2n) is 3.24. The van der Waals surface area contributed by atoms with Crippen molar-refractivity contribution in [2.75, 3.05) is 13.3 Å². The molecule has 0 spiro atoms. The summed E-state index contributed by atoms with van der Waals surface area (Å²) >= 11 is 0. The average molecular weight is 212 g/mol. The van der Waals surface area contributed by atoms with E-state index in [0.29, 0.717) is 0 Å². The summed E-state index contributed by atoms with van der Waals surface area (Å²) in [6, 6.07) is 0. The highest BCUT2D eigenvalue weighted by atomic mass is 19.1. The van der Waals surface area contributed by atoms with Crippen LogP contribution >= 0.6 is 0 Å². The van der Waals surface area contributed by atoms with Crippen LogP contribution in [0.5, 0.6) is 0 Å². The Morgan fingerprint density at radius 3 is 2.21 bits per heavy atom. The molecule has 0 aromatic heterocycles. The molecule has 1 rings (SSSR count). The van der Waals surface area contributed by atoms with Crippen LogP contribution in [0.15, 0.2) is 0 Å². The van der Waals surface area contributed by atoms with Crippen LogP contribution in [0.1, 0.15) is 0 Å². The van der Waals surface area contributed by atoms with Crippen molar-refractivity contribution in [3.8, 4) is 0 Å². The predicted octanol–water partition coefficient (Wildman–Crippen LogP) is -2.88. The standard InChI is InChI=1S/C7H13FO6/c8-2-7(13)6(12)5(11)4(10)3(1-9)14-7/h3-6,9-13H,1-2H2/t3-,4+,5+,6-,7+/m0/s1. The average Bonchev–Trinajstić information content (AvgIpc) is 2.20. The van der Waals surface area contributed by atoms with Gasteiger partial charge in [-0.1, -0.05) is 0 Å². The molecule has 0 bridgehead atoms. The minimum absolute atomic E-state index is 0.701. The summed E-state index contributed by atoms with van der Waals surface area (Å²) in [6.07, 6.45) is -6.61. The molecule has 14 heavy (non-hydrogen) atoms. The van der Waals surface area contributed by atoms with E-state index >= 15 is 0 Å². The van der Waals surface area contributed by atoms with E-state index in [1.807, 2.05) is 0 Å². The minimum Gasteiger partial charge on any atom is -0.394 e. The first kappa shape index (κ1) is 11.8. The van der Waals surface area contributed by atoms with Gasteiger partial charge in [-0.2, -0.15) is 0 Å². The first-order chi connectivity index (χ1) is 6.46. The number of aliphatic hydroxyl groups is 5. The zero-order valence-electron chi connectivity index (χ0n) is 7.25. The topological polar surface area (TPSA) is 110 Å². The Balaban J connectivity index is 2.84. The third-order valence-electron chi connectivity index (χ3n) is 2.24. The third kappa shape index (κ3) is 1.74. The number of ether oxygens (including phenoxy) is 1. The molecule has 84 valence electrons. The zero-order valence-corrected chi connectivity index (χ0v) is 7.25. The summed E-state index contributed by atoms with van der Waals surface area (Å²) in [5.41, 5.74) is 0. The van der Waals surface area contributed by atoms with Crippen molar-refractivity contribution in [1.29, 1.82) is 0 Å². The van der Waals surface area contributed by atoms with E-state index in [-0.39, 0.29) is 0 Å². The molecule has 1 heterocycles. The molecule has 6 nitrogen and oxygen atoms in total. The number of aliphatic hydroxyl groups excluding tert-OH is 4. The highest BCUT2D eigenvalue weighted by molar-refractivity contribution is 4.95. The lowest BCUT2D eigenvalue weighted by Crippen LogP contribution is -2.66. The maximum Gasteiger partial charge on any atom is 0.224 e. The van der Waals surface area contributed by atoms with Crippen LogP contribution in [0.3, 0.4) is 0 Å². The summed E-state index contributed by atoms with van der Waals surface area (Å²) in [5.74, 6) is -2.58. The maximum absolute atomic E-state index is 12.3. The molecule has 0 aliphatic carbocycles. The Kier molecular flexibility index (Phi) is 3.40. The minimum atomic E-state index is -2.58. The molecule has 0 saturated carbocycles. The van der Waals surface area contributed by atoms with Crippen molar-refractivity contribution in [1.82, 2.24) is 0 Å². The van der Waals surface area contributed by atoms with Gasteiger partial charge < -0.3 is 30.3 Å². The normalized spacial score (nSPS) is 49.3. The van der Waals surface area contributed by atoms with Crippen molar-refractivity contribution in [3.05, 3.63) is 0 Å². The molecule has 1 saturated heterocycles. The van der Waals surface area contributed by atoms with Gasteiger partial charge in [-0.3, -0.25) is 0 Å². The summed E-state index contributed by atoms with van der Waals surface area (Å²) in [5, 5.41) is 45.6. The lowest BCUT2D eigenvalue weighted by molar-refractivity contribution is -0.352. The Bertz CT molecular complexity index is 201. The molecule has 0 amide bonds. The van der Waals surface area contributed by atoms with E-state index in [1.54, 1.807) is 0 Å². The van der Waals surface area contributed by atoms with Gasteiger partial charge in [0.25, 0.3) is 0 Å². The Morgan fingerprint density at radius 2 is 1.79 bits per heavy atom. The largest absolute Gasteiger partial charge is 0.394 e. The maximum atomic E-state index is 12.3. The van der Waals surface area contributed by atoms with Gasteiger partial charge in [-0.25, -0.2) is 4.39 Å². The van der Waals surface area contributed by atoms with E-state index in [0.717, 1.165) is 0 Å². The van der Waals surface area contributed by atoms with Gasteiger partial charge in [0.2, 0.25) is 5.79 Å². The summed E-state index contributed by atoms with van der Waals surface area (Å²) in [4.78, 5) is 0. The molecular formula is C7H13FO6. The summed E-state index contributed by atoms with van der Waals surface area (Å²) < 4.78 is 16.9. The first-order valence-corrected chi connectivity index (χ1v) is 4.07. The molecular weight excluding hydrogens is 199 g/mol. The second-order valence-corrected chi connectivity index (χ2v) is 3.24. The number of halogens is 1. The third-order valence-corrected chi connectivity index (χ3v) is 2.24. The number of rotatable bonds is 2. The fraction of sp³-hybridized carbons (Fsp3) is 1.00. The number of hydrogen-bond acceptors (Lipinski definition) is 6. The van der Waals surface area contributed by atoms with Gasteiger partial charge in [0.15, 0.2) is 0 Å². The van der Waals surface area contributed by atoms with Crippen LogP contribution in [0.25, 0.3) is 0 Å². The van der Waals surface area contributed by atoms with Crippen molar-refractivity contribution < 1.29 is 34.7 Å². The fourth-order valence-electron chi connectivity index (χ4n) is 1.33. The monoisotopic (exact) mass is 212 g/mol. The van der Waals surface area contributed by atoms with Gasteiger partial charge >= 0.3 is 0 Å². The lowest BCUT2D eigenvalue weighted by atomic mass is 9.93. The van der Waals surface area contributed by atoms with Crippen molar-refractivity contribution in [2.24, 2.45) is 0 Å². The Hall–Kier alpha value is -0.310. The zero-order chi connectivity index (χ0) is 10.9. The van der Waals surface area contributed by atoms with E-state index in [9.17, 15) is 24.8 Å². The predicted molar refractivity (Wildman–Crippen MR) is 40.9 cm³/mol. The molecule has 1 aliphatic rings. The van der Waals surface area contributed by atoms with Gasteiger partial charge in [0, 0.05) is 0 Å². The van der Waals surface area contributed by atoms with Gasteiger partial charge in [-0.15, -0.1) is 0 Å². The van der Waals surface area contributed by atoms with E-state index in [4.69, 9.17) is 5.11 Å².